The van der Waals surface area contributed by atoms with Crippen LogP contribution >= 0.6 is 0 Å². The molecular formula is C25H23N3O3. The molecule has 6 heteroatoms. The number of hydrogen-bond acceptors (Lipinski definition) is 4. The van der Waals surface area contributed by atoms with Gasteiger partial charge in [-0.05, 0) is 29.3 Å². The number of benzene rings is 2. The lowest BCUT2D eigenvalue weighted by molar-refractivity contribution is -0.149. The number of likely N-dealkylation sites (tertiary alicyclic amines) is 1. The van der Waals surface area contributed by atoms with Gasteiger partial charge in [0.05, 0.1) is 25.1 Å². The van der Waals surface area contributed by atoms with Crippen LogP contribution in [0, 0.1) is 0 Å². The number of para-hydroxylation sites is 1. The number of aromatic nitrogens is 1. The first-order chi connectivity index (χ1) is 15.2. The predicted octanol–water partition coefficient (Wildman–Crippen LogP) is 2.64. The van der Waals surface area contributed by atoms with Crippen LogP contribution in [0.2, 0.25) is 0 Å². The molecule has 1 fully saturated rings. The van der Waals surface area contributed by atoms with E-state index in [0.717, 1.165) is 16.8 Å². The molecule has 31 heavy (non-hydrogen) atoms. The number of hydrogen-bond donors (Lipinski definition) is 1. The lowest BCUT2D eigenvalue weighted by Crippen LogP contribution is -2.71. The van der Waals surface area contributed by atoms with Crippen molar-refractivity contribution < 1.29 is 14.7 Å². The van der Waals surface area contributed by atoms with E-state index in [0.29, 0.717) is 12.2 Å². The molecule has 3 heterocycles. The van der Waals surface area contributed by atoms with E-state index in [9.17, 15) is 14.7 Å². The average molecular weight is 413 g/mol. The standard InChI is InChI=1S/C25H23N3O3/c29-16-22-24-18-10-4-5-12-20(18)27(25(31)19-11-6-7-13-26-19)15-21(24)28(22)23(30)14-17-8-2-1-3-9-17/h1-13,21-22,24,29H,14-16H2/t21-,22+,24+/m1/s1. The molecule has 156 valence electrons. The molecule has 0 aliphatic carbocycles. The second-order valence-electron chi connectivity index (χ2n) is 8.00. The first-order valence-corrected chi connectivity index (χ1v) is 10.5. The highest BCUT2D eigenvalue weighted by Gasteiger charge is 2.55. The SMILES string of the molecule is O=C(c1ccccn1)N1C[C@@H]2[C@H](c3ccccc31)[C@H](CO)N2C(=O)Cc1ccccc1. The summed E-state index contributed by atoms with van der Waals surface area (Å²) in [5.41, 5.74) is 3.13. The topological polar surface area (TPSA) is 73.7 Å². The van der Waals surface area contributed by atoms with Crippen LogP contribution in [0.1, 0.15) is 27.5 Å². The van der Waals surface area contributed by atoms with Crippen molar-refractivity contribution in [3.05, 3.63) is 95.8 Å². The Morgan fingerprint density at radius 1 is 0.968 bits per heavy atom. The third-order valence-corrected chi connectivity index (χ3v) is 6.30. The Hall–Kier alpha value is -3.51. The first kappa shape index (κ1) is 19.5. The first-order valence-electron chi connectivity index (χ1n) is 10.5. The molecule has 2 aromatic carbocycles. The van der Waals surface area contributed by atoms with Gasteiger partial charge in [0.15, 0.2) is 0 Å². The molecule has 1 N–H and O–H groups in total. The van der Waals surface area contributed by atoms with Gasteiger partial charge in [0.2, 0.25) is 5.91 Å². The Balaban J connectivity index is 1.47. The summed E-state index contributed by atoms with van der Waals surface area (Å²) in [4.78, 5) is 34.2. The molecule has 0 unspecified atom stereocenters. The summed E-state index contributed by atoms with van der Waals surface area (Å²) in [6.07, 6.45) is 1.88. The Labute approximate surface area is 180 Å². The molecule has 0 spiro atoms. The third kappa shape index (κ3) is 3.29. The Bertz CT molecular complexity index is 1100. The number of carbonyl (C=O) groups is 2. The molecule has 5 rings (SSSR count). The van der Waals surface area contributed by atoms with Gasteiger partial charge in [0.25, 0.3) is 5.91 Å². The number of rotatable bonds is 4. The van der Waals surface area contributed by atoms with Crippen molar-refractivity contribution in [2.75, 3.05) is 18.1 Å². The summed E-state index contributed by atoms with van der Waals surface area (Å²) in [6, 6.07) is 22.2. The Kier molecular flexibility index (Phi) is 5.00. The number of nitrogens with zero attached hydrogens (tertiary/aromatic N) is 3. The number of fused-ring (bicyclic) bond motifs is 3. The molecule has 0 saturated carbocycles. The monoisotopic (exact) mass is 413 g/mol. The fourth-order valence-corrected chi connectivity index (χ4v) is 4.92. The minimum atomic E-state index is -0.283. The number of pyridine rings is 1. The molecule has 2 aliphatic rings. The van der Waals surface area contributed by atoms with E-state index < -0.39 is 0 Å². The molecule has 3 aromatic rings. The van der Waals surface area contributed by atoms with Gasteiger partial charge in [-0.15, -0.1) is 0 Å². The summed E-state index contributed by atoms with van der Waals surface area (Å²) in [5.74, 6) is -0.209. The molecule has 2 aliphatic heterocycles. The summed E-state index contributed by atoms with van der Waals surface area (Å²) in [7, 11) is 0. The number of aliphatic hydroxyl groups excluding tert-OH is 1. The van der Waals surface area contributed by atoms with Crippen molar-refractivity contribution in [1.29, 1.82) is 0 Å². The highest BCUT2D eigenvalue weighted by atomic mass is 16.3. The summed E-state index contributed by atoms with van der Waals surface area (Å²) < 4.78 is 0. The average Bonchev–Trinajstić information content (AvgIpc) is 2.80. The van der Waals surface area contributed by atoms with Gasteiger partial charge in [-0.3, -0.25) is 14.6 Å². The summed E-state index contributed by atoms with van der Waals surface area (Å²) >= 11 is 0. The van der Waals surface area contributed by atoms with E-state index in [1.165, 1.54) is 0 Å². The smallest absolute Gasteiger partial charge is 0.276 e. The number of anilines is 1. The highest BCUT2D eigenvalue weighted by Crippen LogP contribution is 2.48. The fraction of sp³-hybridized carbons (Fsp3) is 0.240. The van der Waals surface area contributed by atoms with Gasteiger partial charge in [-0.2, -0.15) is 0 Å². The van der Waals surface area contributed by atoms with Crippen LogP contribution in [0.25, 0.3) is 0 Å². The minimum Gasteiger partial charge on any atom is -0.394 e. The number of amides is 2. The minimum absolute atomic E-state index is 0.00806. The van der Waals surface area contributed by atoms with Crippen LogP contribution in [0.15, 0.2) is 79.0 Å². The predicted molar refractivity (Wildman–Crippen MR) is 117 cm³/mol. The molecular weight excluding hydrogens is 390 g/mol. The molecule has 0 bridgehead atoms. The maximum absolute atomic E-state index is 13.3. The fourth-order valence-electron chi connectivity index (χ4n) is 4.92. The maximum Gasteiger partial charge on any atom is 0.276 e. The van der Waals surface area contributed by atoms with E-state index in [1.807, 2.05) is 54.6 Å². The lowest BCUT2D eigenvalue weighted by Gasteiger charge is -2.59. The molecule has 1 saturated heterocycles. The van der Waals surface area contributed by atoms with Crippen molar-refractivity contribution in [3.8, 4) is 0 Å². The van der Waals surface area contributed by atoms with Crippen molar-refractivity contribution in [2.24, 2.45) is 0 Å². The van der Waals surface area contributed by atoms with Gasteiger partial charge in [-0.1, -0.05) is 54.6 Å². The summed E-state index contributed by atoms with van der Waals surface area (Å²) in [6.45, 7) is 0.276. The zero-order chi connectivity index (χ0) is 21.4. The Morgan fingerprint density at radius 3 is 2.45 bits per heavy atom. The molecule has 2 amide bonds. The lowest BCUT2D eigenvalue weighted by atomic mass is 9.71. The largest absolute Gasteiger partial charge is 0.394 e. The van der Waals surface area contributed by atoms with Crippen molar-refractivity contribution in [3.63, 3.8) is 0 Å². The summed E-state index contributed by atoms with van der Waals surface area (Å²) in [5, 5.41) is 10.1. The van der Waals surface area contributed by atoms with Gasteiger partial charge < -0.3 is 14.9 Å². The Morgan fingerprint density at radius 2 is 1.71 bits per heavy atom. The highest BCUT2D eigenvalue weighted by molar-refractivity contribution is 6.06. The molecule has 0 radical (unpaired) electrons. The van der Waals surface area contributed by atoms with Crippen LogP contribution in [-0.2, 0) is 11.2 Å². The van der Waals surface area contributed by atoms with Crippen LogP contribution in [0.3, 0.4) is 0 Å². The van der Waals surface area contributed by atoms with E-state index in [2.05, 4.69) is 4.98 Å². The van der Waals surface area contributed by atoms with Gasteiger partial charge in [0, 0.05) is 24.3 Å². The molecule has 6 nitrogen and oxygen atoms in total. The van der Waals surface area contributed by atoms with Crippen molar-refractivity contribution in [1.82, 2.24) is 9.88 Å². The zero-order valence-electron chi connectivity index (χ0n) is 17.0. The van der Waals surface area contributed by atoms with Crippen molar-refractivity contribution >= 4 is 17.5 Å². The second kappa shape index (κ2) is 7.96. The van der Waals surface area contributed by atoms with Crippen molar-refractivity contribution in [2.45, 2.75) is 24.4 Å². The number of carbonyl (C=O) groups excluding carboxylic acids is 2. The third-order valence-electron chi connectivity index (χ3n) is 6.30. The zero-order valence-corrected chi connectivity index (χ0v) is 17.0. The normalized spacial score (nSPS) is 21.6. The van der Waals surface area contributed by atoms with E-state index in [1.54, 1.807) is 34.2 Å². The number of aliphatic hydroxyl groups is 1. The quantitative estimate of drug-likeness (QED) is 0.714. The van der Waals surface area contributed by atoms with E-state index in [4.69, 9.17) is 0 Å². The van der Waals surface area contributed by atoms with Gasteiger partial charge >= 0.3 is 0 Å². The second-order valence-corrected chi connectivity index (χ2v) is 8.00. The maximum atomic E-state index is 13.3. The van der Waals surface area contributed by atoms with E-state index in [-0.39, 0.29) is 42.8 Å². The van der Waals surface area contributed by atoms with Gasteiger partial charge in [-0.25, -0.2) is 0 Å². The van der Waals surface area contributed by atoms with E-state index >= 15 is 0 Å². The van der Waals surface area contributed by atoms with Crippen LogP contribution < -0.4 is 4.90 Å². The molecule has 1 aromatic heterocycles. The van der Waals surface area contributed by atoms with Crippen LogP contribution in [-0.4, -0.2) is 52.0 Å². The van der Waals surface area contributed by atoms with Crippen LogP contribution in [0.5, 0.6) is 0 Å². The molecule has 3 atom stereocenters. The van der Waals surface area contributed by atoms with Gasteiger partial charge in [0.1, 0.15) is 5.69 Å². The van der Waals surface area contributed by atoms with Crippen LogP contribution in [0.4, 0.5) is 5.69 Å².